The Labute approximate surface area is 220 Å². The Morgan fingerprint density at radius 1 is 0.838 bits per heavy atom. The van der Waals surface area contributed by atoms with Crippen molar-refractivity contribution in [2.75, 3.05) is 0 Å². The largest absolute Gasteiger partial charge is 0.481 e. The lowest BCUT2D eigenvalue weighted by molar-refractivity contribution is -0.136. The van der Waals surface area contributed by atoms with E-state index in [1.165, 1.54) is 22.8 Å². The van der Waals surface area contributed by atoms with Gasteiger partial charge in [0.25, 0.3) is 0 Å². The van der Waals surface area contributed by atoms with Gasteiger partial charge >= 0.3 is 5.97 Å². The molecule has 0 heterocycles. The second-order valence-electron chi connectivity index (χ2n) is 9.96. The molecule has 0 aliphatic heterocycles. The van der Waals surface area contributed by atoms with Crippen LogP contribution in [-0.2, 0) is 16.6 Å². The molecule has 196 valence electrons. The molecule has 0 bridgehead atoms. The van der Waals surface area contributed by atoms with E-state index >= 15 is 0 Å². The fourth-order valence-electron chi connectivity index (χ4n) is 5.14. The molecule has 3 rings (SSSR count). The number of carboxylic acid groups (broad SMARTS) is 1. The maximum absolute atomic E-state index is 14.4. The van der Waals surface area contributed by atoms with Gasteiger partial charge in [-0.1, -0.05) is 94.4 Å². The molecule has 0 amide bonds. The third-order valence-corrected chi connectivity index (χ3v) is 7.99. The van der Waals surface area contributed by atoms with Gasteiger partial charge in [0.15, 0.2) is 0 Å². The predicted molar refractivity (Wildman–Crippen MR) is 150 cm³/mol. The number of aryl methyl sites for hydroxylation is 1. The molecule has 0 saturated carbocycles. The summed E-state index contributed by atoms with van der Waals surface area (Å²) in [7, 11) is 0. The van der Waals surface area contributed by atoms with Crippen LogP contribution < -0.4 is 0 Å². The first-order chi connectivity index (χ1) is 17.6. The van der Waals surface area contributed by atoms with Gasteiger partial charge in [-0.3, -0.25) is 4.79 Å². The van der Waals surface area contributed by atoms with E-state index in [4.69, 9.17) is 5.11 Å². The zero-order valence-corrected chi connectivity index (χ0v) is 22.6. The van der Waals surface area contributed by atoms with Crippen LogP contribution in [0.3, 0.4) is 0 Å². The van der Waals surface area contributed by atoms with Gasteiger partial charge in [0.1, 0.15) is 5.82 Å². The highest BCUT2D eigenvalue weighted by molar-refractivity contribution is 5.71. The number of carboxylic acids is 1. The first-order valence-electron chi connectivity index (χ1n) is 13.2. The predicted octanol–water partition coefficient (Wildman–Crippen LogP) is 8.10. The van der Waals surface area contributed by atoms with Gasteiger partial charge in [0.05, 0.1) is 12.0 Å². The molecule has 2 N–H and O–H groups in total. The van der Waals surface area contributed by atoms with Crippen molar-refractivity contribution in [2.45, 2.75) is 77.7 Å². The number of benzene rings is 3. The standard InChI is InChI=1S/C33H39FO3/c1-6-32(37,7-2)19-18-24-12-17-29(20-23(24)5)33(8-3,9-4)28-15-13-25(14-16-28)26-10-11-27(22-31(35)36)30(34)21-26/h10-21,37H,6-9,22H2,1-5H3,(H,35,36)/b19-18+. The Bertz CT molecular complexity index is 1250. The zero-order valence-electron chi connectivity index (χ0n) is 22.6. The van der Waals surface area contributed by atoms with Gasteiger partial charge in [-0.05, 0) is 77.6 Å². The number of aliphatic hydroxyl groups is 1. The molecule has 3 aromatic carbocycles. The van der Waals surface area contributed by atoms with Gasteiger partial charge in [0, 0.05) is 5.41 Å². The van der Waals surface area contributed by atoms with Crippen LogP contribution in [0.15, 0.2) is 66.7 Å². The van der Waals surface area contributed by atoms with Crippen molar-refractivity contribution in [3.05, 3.63) is 100 Å². The van der Waals surface area contributed by atoms with Crippen molar-refractivity contribution < 1.29 is 19.4 Å². The van der Waals surface area contributed by atoms with E-state index in [-0.39, 0.29) is 17.4 Å². The summed E-state index contributed by atoms with van der Waals surface area (Å²) in [5.41, 5.74) is 5.61. The highest BCUT2D eigenvalue weighted by Gasteiger charge is 2.31. The summed E-state index contributed by atoms with van der Waals surface area (Å²) >= 11 is 0. The summed E-state index contributed by atoms with van der Waals surface area (Å²) in [5, 5.41) is 19.6. The molecule has 0 fully saturated rings. The molecule has 0 atom stereocenters. The molecule has 0 spiro atoms. The van der Waals surface area contributed by atoms with Crippen LogP contribution in [0.5, 0.6) is 0 Å². The Balaban J connectivity index is 1.93. The smallest absolute Gasteiger partial charge is 0.307 e. The Morgan fingerprint density at radius 2 is 1.43 bits per heavy atom. The molecule has 3 aromatic rings. The number of hydrogen-bond acceptors (Lipinski definition) is 2. The minimum atomic E-state index is -1.05. The molecular formula is C33H39FO3. The number of rotatable bonds is 11. The maximum Gasteiger partial charge on any atom is 0.307 e. The molecule has 0 saturated heterocycles. The Kier molecular flexibility index (Phi) is 9.09. The summed E-state index contributed by atoms with van der Waals surface area (Å²) in [6.45, 7) is 10.5. The van der Waals surface area contributed by atoms with Crippen molar-refractivity contribution in [2.24, 2.45) is 0 Å². The lowest BCUT2D eigenvalue weighted by atomic mass is 9.70. The molecule has 37 heavy (non-hydrogen) atoms. The van der Waals surface area contributed by atoms with Gasteiger partial charge in [-0.25, -0.2) is 4.39 Å². The first kappa shape index (κ1) is 28.3. The van der Waals surface area contributed by atoms with Gasteiger partial charge in [-0.15, -0.1) is 0 Å². The van der Waals surface area contributed by atoms with Crippen LogP contribution in [0.4, 0.5) is 4.39 Å². The van der Waals surface area contributed by atoms with Crippen LogP contribution >= 0.6 is 0 Å². The van der Waals surface area contributed by atoms with Crippen LogP contribution in [0, 0.1) is 12.7 Å². The monoisotopic (exact) mass is 502 g/mol. The summed E-state index contributed by atoms with van der Waals surface area (Å²) in [6.07, 6.45) is 6.84. The Morgan fingerprint density at radius 3 is 1.95 bits per heavy atom. The van der Waals surface area contributed by atoms with E-state index in [1.54, 1.807) is 12.1 Å². The van der Waals surface area contributed by atoms with E-state index < -0.39 is 17.4 Å². The van der Waals surface area contributed by atoms with E-state index in [9.17, 15) is 14.3 Å². The number of halogens is 1. The van der Waals surface area contributed by atoms with Crippen LogP contribution in [-0.4, -0.2) is 21.8 Å². The quantitative estimate of drug-likeness (QED) is 0.278. The fourth-order valence-corrected chi connectivity index (χ4v) is 5.14. The molecule has 0 radical (unpaired) electrons. The molecule has 0 unspecified atom stereocenters. The maximum atomic E-state index is 14.4. The van der Waals surface area contributed by atoms with Crippen molar-refractivity contribution >= 4 is 12.0 Å². The van der Waals surface area contributed by atoms with Crippen molar-refractivity contribution in [1.29, 1.82) is 0 Å². The molecule has 0 aromatic heterocycles. The van der Waals surface area contributed by atoms with Crippen LogP contribution in [0.1, 0.15) is 81.2 Å². The average Bonchev–Trinajstić information content (AvgIpc) is 2.90. The zero-order chi connectivity index (χ0) is 27.2. The normalized spacial score (nSPS) is 12.3. The molecule has 0 aliphatic carbocycles. The fraction of sp³-hybridized carbons (Fsp3) is 0.364. The van der Waals surface area contributed by atoms with Crippen LogP contribution in [0.25, 0.3) is 17.2 Å². The molecule has 0 aliphatic rings. The summed E-state index contributed by atoms with van der Waals surface area (Å²) in [4.78, 5) is 10.9. The highest BCUT2D eigenvalue weighted by Crippen LogP contribution is 2.40. The SMILES string of the molecule is CCC(O)(/C=C/c1ccc(C(CC)(CC)c2ccc(-c3ccc(CC(=O)O)c(F)c3)cc2)cc1C)CC. The van der Waals surface area contributed by atoms with Crippen LogP contribution in [0.2, 0.25) is 0 Å². The topological polar surface area (TPSA) is 57.5 Å². The molecular weight excluding hydrogens is 463 g/mol. The third kappa shape index (κ3) is 6.19. The molecule has 4 heteroatoms. The van der Waals surface area contributed by atoms with Gasteiger partial charge in [-0.2, -0.15) is 0 Å². The average molecular weight is 503 g/mol. The molecule has 3 nitrogen and oxygen atoms in total. The highest BCUT2D eigenvalue weighted by atomic mass is 19.1. The van der Waals surface area contributed by atoms with E-state index in [0.29, 0.717) is 12.8 Å². The minimum absolute atomic E-state index is 0.157. The summed E-state index contributed by atoms with van der Waals surface area (Å²) in [5.74, 6) is -1.55. The van der Waals surface area contributed by atoms with Crippen molar-refractivity contribution in [3.8, 4) is 11.1 Å². The Hall–Kier alpha value is -3.24. The number of hydrogen-bond donors (Lipinski definition) is 2. The van der Waals surface area contributed by atoms with E-state index in [0.717, 1.165) is 29.5 Å². The van der Waals surface area contributed by atoms with E-state index in [1.807, 2.05) is 38.1 Å². The van der Waals surface area contributed by atoms with Crippen molar-refractivity contribution in [1.82, 2.24) is 0 Å². The van der Waals surface area contributed by atoms with Gasteiger partial charge < -0.3 is 10.2 Å². The summed E-state index contributed by atoms with van der Waals surface area (Å²) < 4.78 is 14.4. The van der Waals surface area contributed by atoms with Gasteiger partial charge in [0.2, 0.25) is 0 Å². The third-order valence-electron chi connectivity index (χ3n) is 7.99. The lowest BCUT2D eigenvalue weighted by Gasteiger charge is -2.34. The first-order valence-corrected chi connectivity index (χ1v) is 13.2. The van der Waals surface area contributed by atoms with E-state index in [2.05, 4.69) is 51.1 Å². The number of carbonyl (C=O) groups is 1. The minimum Gasteiger partial charge on any atom is -0.481 e. The second-order valence-corrected chi connectivity index (χ2v) is 9.96. The second kappa shape index (κ2) is 11.9. The lowest BCUT2D eigenvalue weighted by Crippen LogP contribution is -2.26. The summed E-state index contributed by atoms with van der Waals surface area (Å²) in [6, 6.07) is 19.6. The number of aliphatic carboxylic acids is 1. The van der Waals surface area contributed by atoms with Crippen molar-refractivity contribution in [3.63, 3.8) is 0 Å².